The second-order valence-corrected chi connectivity index (χ2v) is 3.62. The number of nitrogens with zero attached hydrogens (tertiary/aromatic N) is 3. The van der Waals surface area contributed by atoms with Gasteiger partial charge >= 0.3 is 5.97 Å². The monoisotopic (exact) mass is 221 g/mol. The average molecular weight is 221 g/mol. The summed E-state index contributed by atoms with van der Waals surface area (Å²) >= 11 is 0. The molecule has 16 heavy (non-hydrogen) atoms. The van der Waals surface area contributed by atoms with Crippen LogP contribution in [0.2, 0.25) is 0 Å². The number of carboxylic acid groups (broad SMARTS) is 1. The lowest BCUT2D eigenvalue weighted by molar-refractivity contribution is -0.141. The summed E-state index contributed by atoms with van der Waals surface area (Å²) in [6.07, 6.45) is 5.35. The van der Waals surface area contributed by atoms with E-state index in [1.54, 1.807) is 0 Å². The van der Waals surface area contributed by atoms with Gasteiger partial charge in [0, 0.05) is 18.9 Å². The molecule has 6 nitrogen and oxygen atoms in total. The van der Waals surface area contributed by atoms with Crippen LogP contribution >= 0.6 is 0 Å². The molecular formula is C10H11N3O3. The summed E-state index contributed by atoms with van der Waals surface area (Å²) in [6.45, 7) is 0.477. The summed E-state index contributed by atoms with van der Waals surface area (Å²) in [6, 6.07) is -0.715. The zero-order valence-corrected chi connectivity index (χ0v) is 8.54. The van der Waals surface area contributed by atoms with Crippen molar-refractivity contribution in [1.82, 2.24) is 14.9 Å². The highest BCUT2D eigenvalue weighted by molar-refractivity contribution is 5.96. The van der Waals surface area contributed by atoms with Crippen LogP contribution in [0.3, 0.4) is 0 Å². The second kappa shape index (κ2) is 4.26. The molecule has 2 rings (SSSR count). The third kappa shape index (κ3) is 1.86. The quantitative estimate of drug-likeness (QED) is 0.769. The minimum absolute atomic E-state index is 0.314. The number of carbonyl (C=O) groups is 2. The van der Waals surface area contributed by atoms with Gasteiger partial charge in [-0.1, -0.05) is 0 Å². The van der Waals surface area contributed by atoms with Gasteiger partial charge in [0.15, 0.2) is 0 Å². The van der Waals surface area contributed by atoms with Gasteiger partial charge in [-0.05, 0) is 12.8 Å². The summed E-state index contributed by atoms with van der Waals surface area (Å²) < 4.78 is 0. The van der Waals surface area contributed by atoms with Crippen LogP contribution in [-0.2, 0) is 4.79 Å². The second-order valence-electron chi connectivity index (χ2n) is 3.62. The summed E-state index contributed by atoms with van der Waals surface area (Å²) in [5.41, 5.74) is 0.329. The summed E-state index contributed by atoms with van der Waals surface area (Å²) in [7, 11) is 0. The van der Waals surface area contributed by atoms with E-state index in [4.69, 9.17) is 5.11 Å². The third-order valence-corrected chi connectivity index (χ3v) is 2.61. The van der Waals surface area contributed by atoms with Crippen molar-refractivity contribution in [2.45, 2.75) is 18.9 Å². The van der Waals surface area contributed by atoms with Crippen molar-refractivity contribution in [1.29, 1.82) is 0 Å². The molecule has 1 fully saturated rings. The Balaban J connectivity index is 2.19. The fraction of sp³-hybridized carbons (Fsp3) is 0.400. The minimum atomic E-state index is -0.956. The summed E-state index contributed by atoms with van der Waals surface area (Å²) in [5, 5.41) is 8.95. The molecule has 0 bridgehead atoms. The van der Waals surface area contributed by atoms with E-state index in [-0.39, 0.29) is 5.91 Å². The molecule has 1 atom stereocenters. The Morgan fingerprint density at radius 2 is 2.06 bits per heavy atom. The SMILES string of the molecule is O=C(O)[C@@H]1CCCN1C(=O)c1cncnc1. The summed E-state index contributed by atoms with van der Waals surface area (Å²) in [4.78, 5) is 31.7. The number of aromatic nitrogens is 2. The first-order valence-corrected chi connectivity index (χ1v) is 4.99. The molecule has 2 heterocycles. The normalized spacial score (nSPS) is 19.8. The van der Waals surface area contributed by atoms with Crippen LogP contribution in [0.1, 0.15) is 23.2 Å². The standard InChI is InChI=1S/C10H11N3O3/c14-9(7-4-11-6-12-5-7)13-3-1-2-8(13)10(15)16/h4-6,8H,1-3H2,(H,15,16)/t8-/m0/s1. The number of carboxylic acids is 1. The molecule has 1 aromatic heterocycles. The molecular weight excluding hydrogens is 210 g/mol. The molecule has 6 heteroatoms. The van der Waals surface area contributed by atoms with Crippen molar-refractivity contribution in [3.8, 4) is 0 Å². The molecule has 0 unspecified atom stereocenters. The largest absolute Gasteiger partial charge is 0.480 e. The van der Waals surface area contributed by atoms with Gasteiger partial charge in [-0.3, -0.25) is 4.79 Å². The molecule has 1 N–H and O–H groups in total. The van der Waals surface area contributed by atoms with E-state index in [2.05, 4.69) is 9.97 Å². The molecule has 84 valence electrons. The maximum Gasteiger partial charge on any atom is 0.326 e. The van der Waals surface area contributed by atoms with Crippen molar-refractivity contribution in [3.63, 3.8) is 0 Å². The van der Waals surface area contributed by atoms with Crippen LogP contribution in [0, 0.1) is 0 Å². The fourth-order valence-electron chi connectivity index (χ4n) is 1.84. The lowest BCUT2D eigenvalue weighted by atomic mass is 10.2. The van der Waals surface area contributed by atoms with Crippen molar-refractivity contribution in [2.24, 2.45) is 0 Å². The smallest absolute Gasteiger partial charge is 0.326 e. The Morgan fingerprint density at radius 3 is 2.69 bits per heavy atom. The number of aliphatic carboxylic acids is 1. The Bertz CT molecular complexity index is 407. The molecule has 0 spiro atoms. The Labute approximate surface area is 91.9 Å². The van der Waals surface area contributed by atoms with Gasteiger partial charge in [0.05, 0.1) is 5.56 Å². The molecule has 1 saturated heterocycles. The van der Waals surface area contributed by atoms with E-state index in [1.807, 2.05) is 0 Å². The Kier molecular flexibility index (Phi) is 2.80. The van der Waals surface area contributed by atoms with E-state index in [9.17, 15) is 9.59 Å². The van der Waals surface area contributed by atoms with Gasteiger partial charge in [0.2, 0.25) is 0 Å². The predicted molar refractivity (Wildman–Crippen MR) is 53.7 cm³/mol. The number of carbonyl (C=O) groups excluding carboxylic acids is 1. The van der Waals surface area contributed by atoms with Gasteiger partial charge in [-0.2, -0.15) is 0 Å². The highest BCUT2D eigenvalue weighted by Gasteiger charge is 2.34. The first-order chi connectivity index (χ1) is 7.70. The molecule has 1 amide bonds. The lowest BCUT2D eigenvalue weighted by Gasteiger charge is -2.20. The molecule has 1 aliphatic rings. The van der Waals surface area contributed by atoms with E-state index in [1.165, 1.54) is 23.6 Å². The van der Waals surface area contributed by atoms with E-state index < -0.39 is 12.0 Å². The van der Waals surface area contributed by atoms with Gasteiger partial charge < -0.3 is 10.0 Å². The third-order valence-electron chi connectivity index (χ3n) is 2.61. The average Bonchev–Trinajstić information content (AvgIpc) is 2.78. The van der Waals surface area contributed by atoms with E-state index in [0.29, 0.717) is 18.5 Å². The molecule has 0 saturated carbocycles. The van der Waals surface area contributed by atoms with Crippen LogP contribution < -0.4 is 0 Å². The fourth-order valence-corrected chi connectivity index (χ4v) is 1.84. The first kappa shape index (κ1) is 10.5. The van der Waals surface area contributed by atoms with Crippen molar-refractivity contribution in [3.05, 3.63) is 24.3 Å². The maximum absolute atomic E-state index is 11.9. The van der Waals surface area contributed by atoms with E-state index in [0.717, 1.165) is 6.42 Å². The molecule has 0 aromatic carbocycles. The van der Waals surface area contributed by atoms with Crippen LogP contribution in [-0.4, -0.2) is 44.4 Å². The lowest BCUT2D eigenvalue weighted by Crippen LogP contribution is -2.40. The number of amides is 1. The van der Waals surface area contributed by atoms with Crippen LogP contribution in [0.15, 0.2) is 18.7 Å². The first-order valence-electron chi connectivity index (χ1n) is 4.99. The molecule has 1 aromatic rings. The van der Waals surface area contributed by atoms with Crippen LogP contribution in [0.4, 0.5) is 0 Å². The number of hydrogen-bond donors (Lipinski definition) is 1. The minimum Gasteiger partial charge on any atom is -0.480 e. The summed E-state index contributed by atoms with van der Waals surface area (Å²) in [5.74, 6) is -1.27. The molecule has 1 aliphatic heterocycles. The van der Waals surface area contributed by atoms with E-state index >= 15 is 0 Å². The van der Waals surface area contributed by atoms with Crippen molar-refractivity contribution < 1.29 is 14.7 Å². The van der Waals surface area contributed by atoms with Gasteiger partial charge in [0.25, 0.3) is 5.91 Å². The topological polar surface area (TPSA) is 83.4 Å². The highest BCUT2D eigenvalue weighted by Crippen LogP contribution is 2.19. The van der Waals surface area contributed by atoms with Gasteiger partial charge in [0.1, 0.15) is 12.4 Å². The Hall–Kier alpha value is -1.98. The Morgan fingerprint density at radius 1 is 1.38 bits per heavy atom. The number of likely N-dealkylation sites (tertiary alicyclic amines) is 1. The molecule has 0 aliphatic carbocycles. The maximum atomic E-state index is 11.9. The van der Waals surface area contributed by atoms with Gasteiger partial charge in [-0.15, -0.1) is 0 Å². The van der Waals surface area contributed by atoms with Crippen molar-refractivity contribution in [2.75, 3.05) is 6.54 Å². The van der Waals surface area contributed by atoms with Gasteiger partial charge in [-0.25, -0.2) is 14.8 Å². The zero-order chi connectivity index (χ0) is 11.5. The zero-order valence-electron chi connectivity index (χ0n) is 8.54. The van der Waals surface area contributed by atoms with Crippen molar-refractivity contribution >= 4 is 11.9 Å². The van der Waals surface area contributed by atoms with Crippen LogP contribution in [0.25, 0.3) is 0 Å². The molecule has 0 radical (unpaired) electrons. The number of rotatable bonds is 2. The predicted octanol–water partition coefficient (Wildman–Crippen LogP) is 0.166. The highest BCUT2D eigenvalue weighted by atomic mass is 16.4. The van der Waals surface area contributed by atoms with Crippen LogP contribution in [0.5, 0.6) is 0 Å². The number of hydrogen-bond acceptors (Lipinski definition) is 4.